The second-order valence-electron chi connectivity index (χ2n) is 4.10. The van der Waals surface area contributed by atoms with Gasteiger partial charge in [0.2, 0.25) is 0 Å². The fraction of sp³-hybridized carbons (Fsp3) is 0.400. The number of hydrogen-bond acceptors (Lipinski definition) is 4. The Labute approximate surface area is 117 Å². The van der Waals surface area contributed by atoms with Crippen LogP contribution in [0.3, 0.4) is 0 Å². The van der Waals surface area contributed by atoms with E-state index >= 15 is 0 Å². The SMILES string of the molecule is Nc1ncc(Cl)c2c1c(I)nn2C1CCNC1. The molecule has 3 rings (SSSR count). The van der Waals surface area contributed by atoms with Crippen LogP contribution in [-0.4, -0.2) is 27.9 Å². The topological polar surface area (TPSA) is 68.8 Å². The summed E-state index contributed by atoms with van der Waals surface area (Å²) in [6.45, 7) is 1.94. The van der Waals surface area contributed by atoms with Gasteiger partial charge in [-0.2, -0.15) is 5.10 Å². The molecule has 1 atom stereocenters. The lowest BCUT2D eigenvalue weighted by Crippen LogP contribution is -2.14. The second-order valence-corrected chi connectivity index (χ2v) is 5.53. The quantitative estimate of drug-likeness (QED) is 0.758. The molecule has 3 N–H and O–H groups in total. The number of pyridine rings is 1. The van der Waals surface area contributed by atoms with Gasteiger partial charge in [0.25, 0.3) is 0 Å². The van der Waals surface area contributed by atoms with Crippen molar-refractivity contribution in [2.24, 2.45) is 0 Å². The number of rotatable bonds is 1. The summed E-state index contributed by atoms with van der Waals surface area (Å²) < 4.78 is 2.84. The smallest absolute Gasteiger partial charge is 0.135 e. The Morgan fingerprint density at radius 3 is 3.12 bits per heavy atom. The molecular formula is C10H11ClIN5. The molecule has 2 aromatic rings. The molecule has 0 saturated carbocycles. The van der Waals surface area contributed by atoms with E-state index in [0.29, 0.717) is 16.9 Å². The molecule has 0 bridgehead atoms. The van der Waals surface area contributed by atoms with Crippen LogP contribution in [0.15, 0.2) is 6.20 Å². The predicted octanol–water partition coefficient (Wildman–Crippen LogP) is 1.81. The van der Waals surface area contributed by atoms with Crippen LogP contribution in [-0.2, 0) is 0 Å². The van der Waals surface area contributed by atoms with Crippen LogP contribution in [0.5, 0.6) is 0 Å². The fourth-order valence-corrected chi connectivity index (χ4v) is 3.22. The Bertz CT molecular complexity index is 576. The van der Waals surface area contributed by atoms with Crippen molar-refractivity contribution in [3.8, 4) is 0 Å². The standard InChI is InChI=1S/C10H11ClIN5/c11-6-4-15-10(13)7-8(6)17(16-9(7)12)5-1-2-14-3-5/h4-5,14H,1-3H2,(H2,13,15). The Morgan fingerprint density at radius 1 is 1.59 bits per heavy atom. The van der Waals surface area contributed by atoms with E-state index in [1.807, 2.05) is 4.68 Å². The van der Waals surface area contributed by atoms with Gasteiger partial charge in [0.1, 0.15) is 9.52 Å². The summed E-state index contributed by atoms with van der Waals surface area (Å²) in [5, 5.41) is 9.35. The Kier molecular flexibility index (Phi) is 2.87. The van der Waals surface area contributed by atoms with E-state index < -0.39 is 0 Å². The molecule has 1 fully saturated rings. The van der Waals surface area contributed by atoms with Crippen LogP contribution < -0.4 is 11.1 Å². The van der Waals surface area contributed by atoms with Crippen LogP contribution in [0.2, 0.25) is 5.02 Å². The number of nitrogens with zero attached hydrogens (tertiary/aromatic N) is 3. The fourth-order valence-electron chi connectivity index (χ4n) is 2.23. The molecule has 90 valence electrons. The minimum atomic E-state index is 0.348. The third kappa shape index (κ3) is 1.78. The summed E-state index contributed by atoms with van der Waals surface area (Å²) in [5.74, 6) is 0.492. The molecule has 7 heteroatoms. The highest BCUT2D eigenvalue weighted by molar-refractivity contribution is 14.1. The highest BCUT2D eigenvalue weighted by Gasteiger charge is 2.23. The molecule has 0 amide bonds. The summed E-state index contributed by atoms with van der Waals surface area (Å²) in [4.78, 5) is 4.08. The average molecular weight is 364 g/mol. The van der Waals surface area contributed by atoms with Crippen LogP contribution >= 0.6 is 34.2 Å². The Balaban J connectivity index is 2.28. The van der Waals surface area contributed by atoms with Crippen molar-refractivity contribution in [1.82, 2.24) is 20.1 Å². The number of nitrogen functional groups attached to an aromatic ring is 1. The van der Waals surface area contributed by atoms with Crippen LogP contribution in [0.1, 0.15) is 12.5 Å². The molecule has 0 spiro atoms. The first-order chi connectivity index (χ1) is 8.18. The number of hydrogen-bond donors (Lipinski definition) is 2. The van der Waals surface area contributed by atoms with Gasteiger partial charge in [0, 0.05) is 6.54 Å². The number of nitrogens with one attached hydrogen (secondary N) is 1. The lowest BCUT2D eigenvalue weighted by atomic mass is 10.2. The normalized spacial score (nSPS) is 20.2. The molecule has 0 aromatic carbocycles. The van der Waals surface area contributed by atoms with E-state index in [9.17, 15) is 0 Å². The van der Waals surface area contributed by atoms with Gasteiger partial charge in [-0.3, -0.25) is 4.68 Å². The number of fused-ring (bicyclic) bond motifs is 1. The summed E-state index contributed by atoms with van der Waals surface area (Å²) >= 11 is 8.40. The molecule has 17 heavy (non-hydrogen) atoms. The molecule has 2 aromatic heterocycles. The minimum Gasteiger partial charge on any atom is -0.383 e. The molecule has 5 nitrogen and oxygen atoms in total. The average Bonchev–Trinajstić information content (AvgIpc) is 2.91. The lowest BCUT2D eigenvalue weighted by molar-refractivity contribution is 0.504. The molecule has 0 radical (unpaired) electrons. The minimum absolute atomic E-state index is 0.348. The summed E-state index contributed by atoms with van der Waals surface area (Å²) in [7, 11) is 0. The van der Waals surface area contributed by atoms with Crippen molar-refractivity contribution in [3.05, 3.63) is 14.9 Å². The molecule has 1 aliphatic rings. The van der Waals surface area contributed by atoms with Gasteiger partial charge >= 0.3 is 0 Å². The molecular weight excluding hydrogens is 353 g/mol. The van der Waals surface area contributed by atoms with E-state index in [2.05, 4.69) is 38.0 Å². The number of halogens is 2. The molecule has 1 saturated heterocycles. The van der Waals surface area contributed by atoms with Gasteiger partial charge in [0.05, 0.1) is 28.2 Å². The lowest BCUT2D eigenvalue weighted by Gasteiger charge is -2.11. The van der Waals surface area contributed by atoms with Crippen LogP contribution in [0, 0.1) is 3.70 Å². The zero-order chi connectivity index (χ0) is 12.0. The highest BCUT2D eigenvalue weighted by Crippen LogP contribution is 2.33. The van der Waals surface area contributed by atoms with Crippen molar-refractivity contribution in [1.29, 1.82) is 0 Å². The van der Waals surface area contributed by atoms with E-state index in [0.717, 1.165) is 34.1 Å². The maximum Gasteiger partial charge on any atom is 0.135 e. The van der Waals surface area contributed by atoms with Gasteiger partial charge in [-0.25, -0.2) is 4.98 Å². The Morgan fingerprint density at radius 2 is 2.41 bits per heavy atom. The number of anilines is 1. The van der Waals surface area contributed by atoms with E-state index in [1.54, 1.807) is 6.20 Å². The third-order valence-corrected chi connectivity index (χ3v) is 4.08. The first-order valence-electron chi connectivity index (χ1n) is 5.37. The van der Waals surface area contributed by atoms with Crippen molar-refractivity contribution in [2.75, 3.05) is 18.8 Å². The third-order valence-electron chi connectivity index (χ3n) is 3.05. The largest absolute Gasteiger partial charge is 0.383 e. The first-order valence-corrected chi connectivity index (χ1v) is 6.82. The van der Waals surface area contributed by atoms with Gasteiger partial charge in [-0.15, -0.1) is 0 Å². The second kappa shape index (κ2) is 4.25. The van der Waals surface area contributed by atoms with Crippen LogP contribution in [0.25, 0.3) is 10.9 Å². The van der Waals surface area contributed by atoms with Gasteiger partial charge in [0.15, 0.2) is 0 Å². The van der Waals surface area contributed by atoms with E-state index in [1.165, 1.54) is 0 Å². The van der Waals surface area contributed by atoms with Crippen molar-refractivity contribution >= 4 is 50.9 Å². The number of aromatic nitrogens is 3. The summed E-state index contributed by atoms with van der Waals surface area (Å²) in [6.07, 6.45) is 2.65. The zero-order valence-electron chi connectivity index (χ0n) is 8.95. The first kappa shape index (κ1) is 11.5. The van der Waals surface area contributed by atoms with E-state index in [-0.39, 0.29) is 0 Å². The zero-order valence-corrected chi connectivity index (χ0v) is 11.9. The highest BCUT2D eigenvalue weighted by atomic mass is 127. The van der Waals surface area contributed by atoms with Crippen molar-refractivity contribution < 1.29 is 0 Å². The molecule has 1 aliphatic heterocycles. The van der Waals surface area contributed by atoms with Gasteiger partial charge in [-0.05, 0) is 35.6 Å². The summed E-state index contributed by atoms with van der Waals surface area (Å²) in [6, 6.07) is 0.348. The van der Waals surface area contributed by atoms with Crippen LogP contribution in [0.4, 0.5) is 5.82 Å². The van der Waals surface area contributed by atoms with E-state index in [4.69, 9.17) is 17.3 Å². The van der Waals surface area contributed by atoms with Crippen molar-refractivity contribution in [3.63, 3.8) is 0 Å². The maximum atomic E-state index is 6.22. The molecule has 1 unspecified atom stereocenters. The predicted molar refractivity (Wildman–Crippen MR) is 76.2 cm³/mol. The molecule has 0 aliphatic carbocycles. The van der Waals surface area contributed by atoms with Gasteiger partial charge in [-0.1, -0.05) is 11.6 Å². The summed E-state index contributed by atoms with van der Waals surface area (Å²) in [5.41, 5.74) is 6.79. The molecule has 3 heterocycles. The number of nitrogens with two attached hydrogens (primary N) is 1. The monoisotopic (exact) mass is 363 g/mol. The van der Waals surface area contributed by atoms with Crippen molar-refractivity contribution in [2.45, 2.75) is 12.5 Å². The van der Waals surface area contributed by atoms with Gasteiger partial charge < -0.3 is 11.1 Å². The maximum absolute atomic E-state index is 6.22. The Hall–Kier alpha value is -0.600.